The fourth-order valence-electron chi connectivity index (χ4n) is 2.21. The van der Waals surface area contributed by atoms with E-state index in [2.05, 4.69) is 10.6 Å². The van der Waals surface area contributed by atoms with Gasteiger partial charge in [0.1, 0.15) is 5.60 Å². The molecule has 0 aromatic carbocycles. The molecule has 6 nitrogen and oxygen atoms in total. The van der Waals surface area contributed by atoms with Gasteiger partial charge in [-0.3, -0.25) is 9.59 Å². The molecule has 1 aliphatic rings. The number of nitrogens with one attached hydrogen (secondary N) is 2. The lowest BCUT2D eigenvalue weighted by Gasteiger charge is -2.24. The molecule has 110 valence electrons. The van der Waals surface area contributed by atoms with Crippen molar-refractivity contribution >= 4 is 11.8 Å². The summed E-state index contributed by atoms with van der Waals surface area (Å²) in [5.74, 6) is -1.33. The Morgan fingerprint density at radius 3 is 2.47 bits per heavy atom. The lowest BCUT2D eigenvalue weighted by atomic mass is 9.95. The summed E-state index contributed by atoms with van der Waals surface area (Å²) >= 11 is 0. The highest BCUT2D eigenvalue weighted by molar-refractivity contribution is 6.35. The fourth-order valence-corrected chi connectivity index (χ4v) is 2.21. The van der Waals surface area contributed by atoms with Gasteiger partial charge in [-0.05, 0) is 19.8 Å². The second-order valence-electron chi connectivity index (χ2n) is 5.42. The number of carbonyl (C=O) groups is 2. The highest BCUT2D eigenvalue weighted by atomic mass is 16.5. The van der Waals surface area contributed by atoms with E-state index in [9.17, 15) is 14.7 Å². The fraction of sp³-hybridized carbons (Fsp3) is 0.846. The summed E-state index contributed by atoms with van der Waals surface area (Å²) < 4.78 is 4.82. The molecule has 1 unspecified atom stereocenters. The molecule has 1 fully saturated rings. The number of carbonyl (C=O) groups excluding carboxylic acids is 2. The monoisotopic (exact) mass is 272 g/mol. The van der Waals surface area contributed by atoms with E-state index in [0.29, 0.717) is 0 Å². The standard InChI is InChI=1S/C13H24N2O4/c1-13(18,9-19-2)8-14-11(16)12(17)15-10-6-4-3-5-7-10/h10,18H,3-9H2,1-2H3,(H,14,16)(H,15,17). The van der Waals surface area contributed by atoms with Gasteiger partial charge in [0.15, 0.2) is 0 Å². The van der Waals surface area contributed by atoms with Crippen LogP contribution in [0.1, 0.15) is 39.0 Å². The topological polar surface area (TPSA) is 87.7 Å². The first-order chi connectivity index (χ1) is 8.94. The molecule has 19 heavy (non-hydrogen) atoms. The van der Waals surface area contributed by atoms with Crippen molar-refractivity contribution in [3.8, 4) is 0 Å². The molecule has 1 rings (SSSR count). The average Bonchev–Trinajstić information content (AvgIpc) is 2.37. The number of ether oxygens (including phenoxy) is 1. The molecule has 0 saturated heterocycles. The molecule has 2 amide bonds. The van der Waals surface area contributed by atoms with Crippen molar-refractivity contribution in [3.05, 3.63) is 0 Å². The van der Waals surface area contributed by atoms with Gasteiger partial charge in [0, 0.05) is 19.7 Å². The van der Waals surface area contributed by atoms with Crippen molar-refractivity contribution < 1.29 is 19.4 Å². The van der Waals surface area contributed by atoms with E-state index in [0.717, 1.165) is 25.7 Å². The molecule has 0 bridgehead atoms. The molecule has 0 aromatic heterocycles. The van der Waals surface area contributed by atoms with E-state index >= 15 is 0 Å². The van der Waals surface area contributed by atoms with Gasteiger partial charge in [0.05, 0.1) is 6.61 Å². The van der Waals surface area contributed by atoms with E-state index in [1.54, 1.807) is 0 Å². The van der Waals surface area contributed by atoms with Gasteiger partial charge in [-0.15, -0.1) is 0 Å². The van der Waals surface area contributed by atoms with Crippen LogP contribution in [0, 0.1) is 0 Å². The Morgan fingerprint density at radius 2 is 1.89 bits per heavy atom. The van der Waals surface area contributed by atoms with E-state index in [1.807, 2.05) is 0 Å². The zero-order valence-electron chi connectivity index (χ0n) is 11.7. The average molecular weight is 272 g/mol. The van der Waals surface area contributed by atoms with Gasteiger partial charge in [-0.25, -0.2) is 0 Å². The van der Waals surface area contributed by atoms with E-state index in [1.165, 1.54) is 20.5 Å². The number of rotatable bonds is 5. The van der Waals surface area contributed by atoms with Crippen LogP contribution in [0.2, 0.25) is 0 Å². The van der Waals surface area contributed by atoms with Crippen molar-refractivity contribution in [3.63, 3.8) is 0 Å². The van der Waals surface area contributed by atoms with Crippen LogP contribution in [0.3, 0.4) is 0 Å². The Kier molecular flexibility index (Phi) is 6.24. The zero-order valence-corrected chi connectivity index (χ0v) is 11.7. The zero-order chi connectivity index (χ0) is 14.3. The van der Waals surface area contributed by atoms with Gasteiger partial charge in [-0.2, -0.15) is 0 Å². The van der Waals surface area contributed by atoms with Gasteiger partial charge in [-0.1, -0.05) is 19.3 Å². The van der Waals surface area contributed by atoms with Crippen LogP contribution in [0.15, 0.2) is 0 Å². The van der Waals surface area contributed by atoms with Crippen LogP contribution >= 0.6 is 0 Å². The first-order valence-corrected chi connectivity index (χ1v) is 6.74. The molecule has 0 aliphatic heterocycles. The SMILES string of the molecule is COCC(C)(O)CNC(=O)C(=O)NC1CCCCC1. The molecular formula is C13H24N2O4. The maximum atomic E-state index is 11.6. The first-order valence-electron chi connectivity index (χ1n) is 6.74. The van der Waals surface area contributed by atoms with Gasteiger partial charge < -0.3 is 20.5 Å². The molecule has 1 saturated carbocycles. The number of methoxy groups -OCH3 is 1. The summed E-state index contributed by atoms with van der Waals surface area (Å²) in [4.78, 5) is 23.2. The number of amides is 2. The predicted molar refractivity (Wildman–Crippen MR) is 70.5 cm³/mol. The molecule has 1 aliphatic carbocycles. The molecule has 0 heterocycles. The largest absolute Gasteiger partial charge is 0.386 e. The van der Waals surface area contributed by atoms with Crippen molar-refractivity contribution in [2.24, 2.45) is 0 Å². The summed E-state index contributed by atoms with van der Waals surface area (Å²) in [6, 6.07) is 0.103. The van der Waals surface area contributed by atoms with Crippen molar-refractivity contribution in [1.82, 2.24) is 10.6 Å². The van der Waals surface area contributed by atoms with Crippen molar-refractivity contribution in [2.45, 2.75) is 50.7 Å². The molecule has 0 radical (unpaired) electrons. The quantitative estimate of drug-likeness (QED) is 0.612. The van der Waals surface area contributed by atoms with Gasteiger partial charge >= 0.3 is 11.8 Å². The van der Waals surface area contributed by atoms with E-state index < -0.39 is 17.4 Å². The highest BCUT2D eigenvalue weighted by Gasteiger charge is 2.24. The molecule has 6 heteroatoms. The van der Waals surface area contributed by atoms with Crippen molar-refractivity contribution in [1.29, 1.82) is 0 Å². The minimum absolute atomic E-state index is 0.0161. The second kappa shape index (κ2) is 7.45. The Balaban J connectivity index is 2.30. The summed E-state index contributed by atoms with van der Waals surface area (Å²) in [5, 5.41) is 14.9. The lowest BCUT2D eigenvalue weighted by molar-refractivity contribution is -0.140. The third-order valence-electron chi connectivity index (χ3n) is 3.23. The minimum atomic E-state index is -1.17. The Morgan fingerprint density at radius 1 is 1.26 bits per heavy atom. The van der Waals surface area contributed by atoms with Crippen LogP contribution in [0.4, 0.5) is 0 Å². The van der Waals surface area contributed by atoms with Crippen LogP contribution in [0.5, 0.6) is 0 Å². The van der Waals surface area contributed by atoms with Crippen LogP contribution < -0.4 is 10.6 Å². The minimum Gasteiger partial charge on any atom is -0.386 e. The summed E-state index contributed by atoms with van der Waals surface area (Å²) in [7, 11) is 1.46. The molecular weight excluding hydrogens is 248 g/mol. The van der Waals surface area contributed by atoms with Crippen LogP contribution in [0.25, 0.3) is 0 Å². The molecule has 1 atom stereocenters. The van der Waals surface area contributed by atoms with E-state index in [4.69, 9.17) is 4.74 Å². The number of hydrogen-bond donors (Lipinski definition) is 3. The molecule has 3 N–H and O–H groups in total. The predicted octanol–water partition coefficient (Wildman–Crippen LogP) is -0.0511. The maximum Gasteiger partial charge on any atom is 0.309 e. The Bertz CT molecular complexity index is 312. The van der Waals surface area contributed by atoms with Crippen LogP contribution in [-0.2, 0) is 14.3 Å². The third kappa shape index (κ3) is 6.02. The van der Waals surface area contributed by atoms with Gasteiger partial charge in [0.2, 0.25) is 0 Å². The number of aliphatic hydroxyl groups is 1. The van der Waals surface area contributed by atoms with Crippen LogP contribution in [-0.4, -0.2) is 48.8 Å². The first kappa shape index (κ1) is 15.9. The summed E-state index contributed by atoms with van der Waals surface area (Å²) in [6.07, 6.45) is 5.24. The van der Waals surface area contributed by atoms with Gasteiger partial charge in [0.25, 0.3) is 0 Å². The number of hydrogen-bond acceptors (Lipinski definition) is 4. The van der Waals surface area contributed by atoms with Crippen molar-refractivity contribution in [2.75, 3.05) is 20.3 Å². The smallest absolute Gasteiger partial charge is 0.309 e. The summed E-state index contributed by atoms with van der Waals surface area (Å²) in [6.45, 7) is 1.62. The second-order valence-corrected chi connectivity index (χ2v) is 5.42. The van der Waals surface area contributed by atoms with E-state index in [-0.39, 0.29) is 19.2 Å². The lowest BCUT2D eigenvalue weighted by Crippen LogP contribution is -2.50. The normalized spacial score (nSPS) is 19.5. The maximum absolute atomic E-state index is 11.6. The third-order valence-corrected chi connectivity index (χ3v) is 3.23. The molecule has 0 aromatic rings. The molecule has 0 spiro atoms. The Labute approximate surface area is 113 Å². The Hall–Kier alpha value is -1.14. The highest BCUT2D eigenvalue weighted by Crippen LogP contribution is 2.17. The summed E-state index contributed by atoms with van der Waals surface area (Å²) in [5.41, 5.74) is -1.17.